The summed E-state index contributed by atoms with van der Waals surface area (Å²) in [5.41, 5.74) is 0.790. The van der Waals surface area contributed by atoms with Crippen LogP contribution in [0.3, 0.4) is 0 Å². The molecule has 32 heavy (non-hydrogen) atoms. The minimum Gasteiger partial charge on any atom is -0.353 e. The Morgan fingerprint density at radius 1 is 1.09 bits per heavy atom. The number of nitrogens with zero attached hydrogens (tertiary/aromatic N) is 4. The van der Waals surface area contributed by atoms with Gasteiger partial charge in [-0.1, -0.05) is 29.5 Å². The maximum atomic E-state index is 12.9. The quantitative estimate of drug-likeness (QED) is 0.592. The number of para-hydroxylation sites is 1. The zero-order valence-electron chi connectivity index (χ0n) is 17.5. The number of amides is 2. The number of hydrogen-bond donors (Lipinski definition) is 2. The molecule has 0 atom stereocenters. The van der Waals surface area contributed by atoms with Crippen LogP contribution in [-0.4, -0.2) is 45.5 Å². The van der Waals surface area contributed by atoms with Gasteiger partial charge in [-0.2, -0.15) is 4.98 Å². The summed E-state index contributed by atoms with van der Waals surface area (Å²) >= 11 is 1.29. The van der Waals surface area contributed by atoms with Crippen LogP contribution in [0.1, 0.15) is 25.7 Å². The Balaban J connectivity index is 1.25. The van der Waals surface area contributed by atoms with Crippen LogP contribution in [0.4, 0.5) is 10.8 Å². The fraction of sp³-hybridized carbons (Fsp3) is 0.409. The van der Waals surface area contributed by atoms with Crippen molar-refractivity contribution in [3.8, 4) is 0 Å². The first-order valence-corrected chi connectivity index (χ1v) is 11.6. The highest BCUT2D eigenvalue weighted by Gasteiger charge is 2.30. The van der Waals surface area contributed by atoms with Crippen molar-refractivity contribution in [1.29, 1.82) is 0 Å². The summed E-state index contributed by atoms with van der Waals surface area (Å²) in [6, 6.07) is 9.48. The molecule has 10 heteroatoms. The van der Waals surface area contributed by atoms with E-state index in [9.17, 15) is 14.4 Å². The van der Waals surface area contributed by atoms with Gasteiger partial charge in [-0.3, -0.25) is 19.0 Å². The smallest absolute Gasteiger partial charge is 0.273 e. The average Bonchev–Trinajstić information content (AvgIpc) is 3.51. The lowest BCUT2D eigenvalue weighted by Crippen LogP contribution is -2.41. The van der Waals surface area contributed by atoms with E-state index in [2.05, 4.69) is 25.5 Å². The van der Waals surface area contributed by atoms with Crippen LogP contribution in [0, 0.1) is 5.92 Å². The second-order valence-corrected chi connectivity index (χ2v) is 9.26. The predicted molar refractivity (Wildman–Crippen MR) is 123 cm³/mol. The first kappa shape index (κ1) is 20.6. The van der Waals surface area contributed by atoms with Gasteiger partial charge in [0, 0.05) is 30.7 Å². The van der Waals surface area contributed by atoms with Gasteiger partial charge in [0.1, 0.15) is 17.6 Å². The van der Waals surface area contributed by atoms with Crippen LogP contribution in [0.15, 0.2) is 41.5 Å². The van der Waals surface area contributed by atoms with E-state index < -0.39 is 0 Å². The van der Waals surface area contributed by atoms with Gasteiger partial charge >= 0.3 is 0 Å². The Bertz CT molecular complexity index is 1200. The number of carbonyl (C=O) groups is 2. The van der Waals surface area contributed by atoms with Crippen molar-refractivity contribution in [2.24, 2.45) is 5.92 Å². The molecule has 0 unspecified atom stereocenters. The van der Waals surface area contributed by atoms with E-state index in [0.29, 0.717) is 22.1 Å². The van der Waals surface area contributed by atoms with Gasteiger partial charge in [0.15, 0.2) is 10.8 Å². The summed E-state index contributed by atoms with van der Waals surface area (Å²) in [4.78, 5) is 48.5. The largest absolute Gasteiger partial charge is 0.353 e. The lowest BCUT2D eigenvalue weighted by atomic mass is 9.96. The normalized spacial score (nSPS) is 16.8. The van der Waals surface area contributed by atoms with Gasteiger partial charge < -0.3 is 15.5 Å². The van der Waals surface area contributed by atoms with E-state index in [0.717, 1.165) is 43.9 Å². The molecule has 9 nitrogen and oxygen atoms in total. The summed E-state index contributed by atoms with van der Waals surface area (Å²) in [6.45, 7) is 1.32. The molecule has 2 N–H and O–H groups in total. The summed E-state index contributed by atoms with van der Waals surface area (Å²) in [6.07, 6.45) is 5.09. The van der Waals surface area contributed by atoms with Gasteiger partial charge in [-0.25, -0.2) is 4.98 Å². The molecule has 1 saturated heterocycles. The number of thiazole rings is 1. The van der Waals surface area contributed by atoms with Crippen LogP contribution in [0.25, 0.3) is 10.3 Å². The number of hydrogen-bond acceptors (Lipinski definition) is 7. The molecule has 5 rings (SSSR count). The first-order chi connectivity index (χ1) is 15.6. The zero-order valence-corrected chi connectivity index (χ0v) is 18.3. The highest BCUT2D eigenvalue weighted by molar-refractivity contribution is 7.22. The Morgan fingerprint density at radius 2 is 1.84 bits per heavy atom. The third-order valence-electron chi connectivity index (χ3n) is 5.80. The van der Waals surface area contributed by atoms with Crippen molar-refractivity contribution >= 4 is 44.3 Å². The molecule has 2 fully saturated rings. The van der Waals surface area contributed by atoms with Gasteiger partial charge in [0.05, 0.1) is 0 Å². The van der Waals surface area contributed by atoms with Crippen molar-refractivity contribution in [2.75, 3.05) is 23.3 Å². The van der Waals surface area contributed by atoms with Crippen LogP contribution in [0.2, 0.25) is 0 Å². The fourth-order valence-electron chi connectivity index (χ4n) is 3.84. The van der Waals surface area contributed by atoms with Gasteiger partial charge in [-0.05, 0) is 37.8 Å². The SMILES string of the molecule is O=C(Cn1cnc2nc(N3CCC(C(=O)NC4CC4)CC3)sc2c1=O)Nc1ccccc1. The van der Waals surface area contributed by atoms with Crippen LogP contribution < -0.4 is 21.1 Å². The van der Waals surface area contributed by atoms with Crippen molar-refractivity contribution in [1.82, 2.24) is 19.9 Å². The molecular formula is C22H24N6O3S. The number of benzene rings is 1. The molecule has 0 bridgehead atoms. The molecule has 166 valence electrons. The topological polar surface area (TPSA) is 109 Å². The number of anilines is 2. The van der Waals surface area contributed by atoms with Crippen molar-refractivity contribution in [3.63, 3.8) is 0 Å². The summed E-state index contributed by atoms with van der Waals surface area (Å²) in [7, 11) is 0. The monoisotopic (exact) mass is 452 g/mol. The zero-order chi connectivity index (χ0) is 22.1. The number of piperidine rings is 1. The van der Waals surface area contributed by atoms with Gasteiger partial charge in [0.2, 0.25) is 11.8 Å². The van der Waals surface area contributed by atoms with E-state index in [1.54, 1.807) is 12.1 Å². The van der Waals surface area contributed by atoms with E-state index in [1.165, 1.54) is 22.2 Å². The second-order valence-electron chi connectivity index (χ2n) is 8.29. The summed E-state index contributed by atoms with van der Waals surface area (Å²) in [5.74, 6) is -0.0924. The molecule has 1 aliphatic heterocycles. The van der Waals surface area contributed by atoms with Crippen molar-refractivity contribution in [2.45, 2.75) is 38.3 Å². The highest BCUT2D eigenvalue weighted by Crippen LogP contribution is 2.30. The number of rotatable bonds is 6. The Kier molecular flexibility index (Phi) is 5.60. The fourth-order valence-corrected chi connectivity index (χ4v) is 4.86. The van der Waals surface area contributed by atoms with Crippen LogP contribution in [-0.2, 0) is 16.1 Å². The second kappa shape index (κ2) is 8.70. The molecule has 1 saturated carbocycles. The minimum absolute atomic E-state index is 0.0414. The molecule has 3 heterocycles. The average molecular weight is 453 g/mol. The Hall–Kier alpha value is -3.27. The van der Waals surface area contributed by atoms with Gasteiger partial charge in [-0.15, -0.1) is 0 Å². The summed E-state index contributed by atoms with van der Waals surface area (Å²) < 4.78 is 1.74. The van der Waals surface area contributed by atoms with Gasteiger partial charge in [0.25, 0.3) is 5.56 Å². The Morgan fingerprint density at radius 3 is 2.56 bits per heavy atom. The van der Waals surface area contributed by atoms with E-state index in [-0.39, 0.29) is 29.8 Å². The predicted octanol–water partition coefficient (Wildman–Crippen LogP) is 1.99. The molecule has 0 radical (unpaired) electrons. The molecule has 2 aromatic heterocycles. The van der Waals surface area contributed by atoms with Crippen LogP contribution in [0.5, 0.6) is 0 Å². The van der Waals surface area contributed by atoms with Crippen LogP contribution >= 0.6 is 11.3 Å². The lowest BCUT2D eigenvalue weighted by Gasteiger charge is -2.30. The molecule has 0 spiro atoms. The molecule has 2 aliphatic rings. The maximum Gasteiger partial charge on any atom is 0.273 e. The maximum absolute atomic E-state index is 12.9. The number of aromatic nitrogens is 3. The molecule has 1 aromatic carbocycles. The first-order valence-electron chi connectivity index (χ1n) is 10.8. The highest BCUT2D eigenvalue weighted by atomic mass is 32.1. The van der Waals surface area contributed by atoms with Crippen molar-refractivity contribution < 1.29 is 9.59 Å². The minimum atomic E-state index is -0.296. The lowest BCUT2D eigenvalue weighted by molar-refractivity contribution is -0.125. The standard InChI is InChI=1S/C22H24N6O3S/c29-17(24-15-4-2-1-3-5-15)12-28-13-23-19-18(21(28)31)32-22(26-19)27-10-8-14(9-11-27)20(30)25-16-6-7-16/h1-5,13-14,16H,6-12H2,(H,24,29)(H,25,30). The number of carbonyl (C=O) groups excluding carboxylic acids is 2. The third-order valence-corrected chi connectivity index (χ3v) is 6.90. The Labute approximate surface area is 188 Å². The van der Waals surface area contributed by atoms with E-state index in [1.807, 2.05) is 18.2 Å². The number of nitrogens with one attached hydrogen (secondary N) is 2. The number of fused-ring (bicyclic) bond motifs is 1. The molecular weight excluding hydrogens is 428 g/mol. The van der Waals surface area contributed by atoms with Crippen molar-refractivity contribution in [3.05, 3.63) is 47.0 Å². The van der Waals surface area contributed by atoms with E-state index in [4.69, 9.17) is 0 Å². The summed E-state index contributed by atoms with van der Waals surface area (Å²) in [5, 5.41) is 6.59. The third kappa shape index (κ3) is 4.50. The van der Waals surface area contributed by atoms with E-state index >= 15 is 0 Å². The molecule has 1 aliphatic carbocycles. The molecule has 3 aromatic rings. The molecule has 2 amide bonds.